The van der Waals surface area contributed by atoms with E-state index in [1.54, 1.807) is 0 Å². The van der Waals surface area contributed by atoms with Gasteiger partial charge < -0.3 is 16.4 Å². The van der Waals surface area contributed by atoms with Gasteiger partial charge in [0.25, 0.3) is 5.91 Å². The number of amides is 1. The first-order valence-electron chi connectivity index (χ1n) is 7.42. The minimum absolute atomic E-state index is 0.0494. The molecule has 0 aromatic carbocycles. The Morgan fingerprint density at radius 2 is 1.95 bits per heavy atom. The number of nitrogens with one attached hydrogen (secondary N) is 2. The van der Waals surface area contributed by atoms with Gasteiger partial charge in [-0.25, -0.2) is 4.98 Å². The monoisotopic (exact) mass is 312 g/mol. The van der Waals surface area contributed by atoms with Crippen LogP contribution in [-0.2, 0) is 0 Å². The van der Waals surface area contributed by atoms with Gasteiger partial charge in [-0.2, -0.15) is 0 Å². The summed E-state index contributed by atoms with van der Waals surface area (Å²) in [5.74, 6) is 1.15. The number of thiazole rings is 1. The fourth-order valence-corrected chi connectivity index (χ4v) is 2.26. The fraction of sp³-hybridized carbons (Fsp3) is 0.733. The van der Waals surface area contributed by atoms with E-state index in [9.17, 15) is 4.79 Å². The molecule has 0 spiro atoms. The highest BCUT2D eigenvalue weighted by molar-refractivity contribution is 7.18. The molecule has 0 radical (unpaired) electrons. The fourth-order valence-electron chi connectivity index (χ4n) is 1.45. The Morgan fingerprint density at radius 1 is 1.33 bits per heavy atom. The van der Waals surface area contributed by atoms with Gasteiger partial charge in [0.15, 0.2) is 5.13 Å². The van der Waals surface area contributed by atoms with E-state index in [-0.39, 0.29) is 11.3 Å². The van der Waals surface area contributed by atoms with Gasteiger partial charge in [-0.3, -0.25) is 4.79 Å². The highest BCUT2D eigenvalue weighted by Gasteiger charge is 2.24. The Hall–Kier alpha value is -1.30. The molecule has 0 saturated heterocycles. The molecule has 1 aromatic rings. The summed E-state index contributed by atoms with van der Waals surface area (Å²) in [5, 5.41) is 6.86. The molecule has 0 saturated carbocycles. The number of anilines is 2. The molecule has 1 aromatic heterocycles. The molecule has 21 heavy (non-hydrogen) atoms. The second kappa shape index (κ2) is 7.11. The van der Waals surface area contributed by atoms with Crippen molar-refractivity contribution < 1.29 is 4.79 Å². The predicted octanol–water partition coefficient (Wildman–Crippen LogP) is 3.21. The Labute approximate surface area is 131 Å². The maximum atomic E-state index is 12.2. The number of hydrogen-bond donors (Lipinski definition) is 3. The molecule has 1 amide bonds. The van der Waals surface area contributed by atoms with Crippen LogP contribution in [0.1, 0.15) is 51.2 Å². The minimum Gasteiger partial charge on any atom is -0.382 e. The number of hydrogen-bond acceptors (Lipinski definition) is 5. The third kappa shape index (κ3) is 5.19. The van der Waals surface area contributed by atoms with Crippen molar-refractivity contribution in [2.24, 2.45) is 17.3 Å². The van der Waals surface area contributed by atoms with Gasteiger partial charge in [0.05, 0.1) is 0 Å². The Bertz CT molecular complexity index is 480. The second-order valence-electron chi connectivity index (χ2n) is 6.83. The Morgan fingerprint density at radius 3 is 2.48 bits per heavy atom. The molecule has 0 bridgehead atoms. The van der Waals surface area contributed by atoms with Crippen molar-refractivity contribution in [3.05, 3.63) is 4.88 Å². The number of carbonyl (C=O) groups excluding carboxylic acids is 1. The van der Waals surface area contributed by atoms with E-state index in [0.717, 1.165) is 6.54 Å². The van der Waals surface area contributed by atoms with Crippen molar-refractivity contribution in [1.29, 1.82) is 0 Å². The number of nitrogens with zero attached hydrogens (tertiary/aromatic N) is 1. The van der Waals surface area contributed by atoms with E-state index in [1.165, 1.54) is 11.3 Å². The molecule has 1 heterocycles. The average molecular weight is 312 g/mol. The summed E-state index contributed by atoms with van der Waals surface area (Å²) in [6.07, 6.45) is 0. The molecule has 4 N–H and O–H groups in total. The topological polar surface area (TPSA) is 80.0 Å². The van der Waals surface area contributed by atoms with Crippen LogP contribution < -0.4 is 16.4 Å². The summed E-state index contributed by atoms with van der Waals surface area (Å²) < 4.78 is 0. The number of carbonyl (C=O) groups is 1. The molecule has 120 valence electrons. The normalized spacial score (nSPS) is 12.0. The summed E-state index contributed by atoms with van der Waals surface area (Å²) in [6, 6.07) is 0. The number of aromatic nitrogens is 1. The zero-order valence-corrected chi connectivity index (χ0v) is 14.7. The van der Waals surface area contributed by atoms with Gasteiger partial charge in [0, 0.05) is 13.1 Å². The SMILES string of the molecule is CC(C)CNc1nc(N)c(C(=O)NCC(C)(C)C(C)C)s1. The Kier molecular flexibility index (Phi) is 6.01. The molecule has 0 aliphatic heterocycles. The van der Waals surface area contributed by atoms with E-state index in [2.05, 4.69) is 57.2 Å². The zero-order valence-electron chi connectivity index (χ0n) is 13.9. The van der Waals surface area contributed by atoms with Crippen molar-refractivity contribution in [2.45, 2.75) is 41.5 Å². The minimum atomic E-state index is -0.142. The molecule has 0 fully saturated rings. The third-order valence-electron chi connectivity index (χ3n) is 3.79. The molecular weight excluding hydrogens is 284 g/mol. The Balaban J connectivity index is 2.66. The van der Waals surface area contributed by atoms with E-state index in [4.69, 9.17) is 5.73 Å². The van der Waals surface area contributed by atoms with Crippen molar-refractivity contribution in [3.63, 3.8) is 0 Å². The maximum Gasteiger partial charge on any atom is 0.265 e. The van der Waals surface area contributed by atoms with Crippen molar-refractivity contribution in [2.75, 3.05) is 24.1 Å². The van der Waals surface area contributed by atoms with E-state index in [0.29, 0.717) is 34.2 Å². The summed E-state index contributed by atoms with van der Waals surface area (Å²) in [4.78, 5) is 16.9. The third-order valence-corrected chi connectivity index (χ3v) is 4.82. The quantitative estimate of drug-likeness (QED) is 0.722. The van der Waals surface area contributed by atoms with Crippen LogP contribution in [0, 0.1) is 17.3 Å². The summed E-state index contributed by atoms with van der Waals surface area (Å²) in [6.45, 7) is 14.3. The van der Waals surface area contributed by atoms with Crippen molar-refractivity contribution in [3.8, 4) is 0 Å². The lowest BCUT2D eigenvalue weighted by molar-refractivity contribution is 0.0929. The van der Waals surface area contributed by atoms with E-state index in [1.807, 2.05) is 0 Å². The van der Waals surface area contributed by atoms with Gasteiger partial charge >= 0.3 is 0 Å². The standard InChI is InChI=1S/C15H28N4OS/c1-9(2)7-17-14-19-12(16)11(21-14)13(20)18-8-15(5,6)10(3)4/h9-10H,7-8,16H2,1-6H3,(H,17,19)(H,18,20). The lowest BCUT2D eigenvalue weighted by Crippen LogP contribution is -2.36. The first kappa shape index (κ1) is 17.8. The first-order chi connectivity index (χ1) is 9.63. The number of nitrogens with two attached hydrogens (primary N) is 1. The van der Waals surface area contributed by atoms with Gasteiger partial charge in [-0.05, 0) is 17.3 Å². The highest BCUT2D eigenvalue weighted by Crippen LogP contribution is 2.27. The number of rotatable bonds is 7. The van der Waals surface area contributed by atoms with E-state index < -0.39 is 0 Å². The summed E-state index contributed by atoms with van der Waals surface area (Å²) in [7, 11) is 0. The zero-order chi connectivity index (χ0) is 16.2. The van der Waals surface area contributed by atoms with Gasteiger partial charge in [0.2, 0.25) is 0 Å². The van der Waals surface area contributed by atoms with Gasteiger partial charge in [-0.1, -0.05) is 52.9 Å². The molecule has 1 rings (SSSR count). The second-order valence-corrected chi connectivity index (χ2v) is 7.83. The van der Waals surface area contributed by atoms with Crippen LogP contribution in [0.5, 0.6) is 0 Å². The molecular formula is C15H28N4OS. The molecule has 6 heteroatoms. The van der Waals surface area contributed by atoms with Crippen LogP contribution >= 0.6 is 11.3 Å². The smallest absolute Gasteiger partial charge is 0.265 e. The summed E-state index contributed by atoms with van der Waals surface area (Å²) >= 11 is 1.31. The van der Waals surface area contributed by atoms with Crippen LogP contribution in [0.15, 0.2) is 0 Å². The van der Waals surface area contributed by atoms with Crippen molar-refractivity contribution >= 4 is 28.2 Å². The number of nitrogen functional groups attached to an aromatic ring is 1. The molecule has 0 aliphatic carbocycles. The van der Waals surface area contributed by atoms with Crippen LogP contribution in [0.4, 0.5) is 10.9 Å². The molecule has 0 unspecified atom stereocenters. The molecule has 0 atom stereocenters. The molecule has 0 aliphatic rings. The van der Waals surface area contributed by atoms with Crippen LogP contribution in [0.2, 0.25) is 0 Å². The summed E-state index contributed by atoms with van der Waals surface area (Å²) in [5.41, 5.74) is 5.90. The predicted molar refractivity (Wildman–Crippen MR) is 90.8 cm³/mol. The highest BCUT2D eigenvalue weighted by atomic mass is 32.1. The lowest BCUT2D eigenvalue weighted by atomic mass is 9.81. The van der Waals surface area contributed by atoms with Crippen LogP contribution in [0.25, 0.3) is 0 Å². The van der Waals surface area contributed by atoms with E-state index >= 15 is 0 Å². The van der Waals surface area contributed by atoms with Gasteiger partial charge in [-0.15, -0.1) is 0 Å². The average Bonchev–Trinajstić information content (AvgIpc) is 2.75. The first-order valence-corrected chi connectivity index (χ1v) is 8.23. The largest absolute Gasteiger partial charge is 0.382 e. The molecule has 5 nitrogen and oxygen atoms in total. The van der Waals surface area contributed by atoms with Crippen molar-refractivity contribution in [1.82, 2.24) is 10.3 Å². The lowest BCUT2D eigenvalue weighted by Gasteiger charge is -2.29. The van der Waals surface area contributed by atoms with Crippen LogP contribution in [-0.4, -0.2) is 24.0 Å². The van der Waals surface area contributed by atoms with Crippen LogP contribution in [0.3, 0.4) is 0 Å². The maximum absolute atomic E-state index is 12.2. The van der Waals surface area contributed by atoms with Gasteiger partial charge in [0.1, 0.15) is 10.7 Å².